The van der Waals surface area contributed by atoms with E-state index >= 15 is 0 Å². The molecule has 0 amide bonds. The van der Waals surface area contributed by atoms with Gasteiger partial charge in [-0.3, -0.25) is 9.89 Å². The Morgan fingerprint density at radius 3 is 2.37 bits per heavy atom. The van der Waals surface area contributed by atoms with Crippen molar-refractivity contribution in [3.05, 3.63) is 29.8 Å². The Hall–Kier alpha value is -1.10. The van der Waals surface area contributed by atoms with E-state index in [-0.39, 0.29) is 29.4 Å². The molecular weight excluding hydrogens is 495 g/mol. The molecule has 2 saturated heterocycles. The largest absolute Gasteiger partial charge is 0.494 e. The van der Waals surface area contributed by atoms with E-state index in [1.54, 1.807) is 0 Å². The van der Waals surface area contributed by atoms with Gasteiger partial charge in [-0.05, 0) is 37.5 Å². The average Bonchev–Trinajstić information content (AvgIpc) is 2.78. The van der Waals surface area contributed by atoms with Gasteiger partial charge in [-0.1, -0.05) is 12.1 Å². The Morgan fingerprint density at radius 2 is 1.73 bits per heavy atom. The summed E-state index contributed by atoms with van der Waals surface area (Å²) in [6, 6.07) is 8.55. The van der Waals surface area contributed by atoms with Crippen LogP contribution in [0.4, 0.5) is 0 Å². The van der Waals surface area contributed by atoms with Crippen molar-refractivity contribution in [1.82, 2.24) is 15.5 Å². The Bertz CT molecular complexity index is 630. The SMILES string of the molecule is CCOc1ccc(C2(CNC(=NC)NCCN3CCOCC3)CCOCC2)cc1.I. The minimum Gasteiger partial charge on any atom is -0.494 e. The molecule has 0 bridgehead atoms. The van der Waals surface area contributed by atoms with Gasteiger partial charge in [0, 0.05) is 58.4 Å². The molecule has 8 heteroatoms. The summed E-state index contributed by atoms with van der Waals surface area (Å²) in [5.41, 5.74) is 1.38. The van der Waals surface area contributed by atoms with Crippen LogP contribution in [0.15, 0.2) is 29.3 Å². The molecule has 2 aliphatic rings. The molecule has 0 unspecified atom stereocenters. The van der Waals surface area contributed by atoms with Crippen molar-refractivity contribution >= 4 is 29.9 Å². The molecule has 0 saturated carbocycles. The van der Waals surface area contributed by atoms with Crippen molar-refractivity contribution < 1.29 is 14.2 Å². The zero-order valence-corrected chi connectivity index (χ0v) is 20.7. The van der Waals surface area contributed by atoms with Crippen LogP contribution in [-0.2, 0) is 14.9 Å². The first-order chi connectivity index (χ1) is 14.3. The van der Waals surface area contributed by atoms with Crippen molar-refractivity contribution in [3.63, 3.8) is 0 Å². The van der Waals surface area contributed by atoms with Gasteiger partial charge in [0.2, 0.25) is 0 Å². The maximum atomic E-state index is 5.66. The van der Waals surface area contributed by atoms with Crippen molar-refractivity contribution in [2.75, 3.05) is 72.8 Å². The molecule has 1 aromatic carbocycles. The van der Waals surface area contributed by atoms with Gasteiger partial charge in [0.25, 0.3) is 0 Å². The summed E-state index contributed by atoms with van der Waals surface area (Å²) in [7, 11) is 1.83. The zero-order chi connectivity index (χ0) is 20.4. The third kappa shape index (κ3) is 7.25. The highest BCUT2D eigenvalue weighted by Crippen LogP contribution is 2.35. The third-order valence-electron chi connectivity index (χ3n) is 5.87. The Kier molecular flexibility index (Phi) is 11.2. The molecule has 2 fully saturated rings. The predicted molar refractivity (Wildman–Crippen MR) is 131 cm³/mol. The first-order valence-electron chi connectivity index (χ1n) is 10.8. The summed E-state index contributed by atoms with van der Waals surface area (Å²) in [6.45, 7) is 10.7. The maximum Gasteiger partial charge on any atom is 0.191 e. The second-order valence-electron chi connectivity index (χ2n) is 7.66. The highest BCUT2D eigenvalue weighted by molar-refractivity contribution is 14.0. The van der Waals surface area contributed by atoms with Crippen LogP contribution in [0, 0.1) is 0 Å². The lowest BCUT2D eigenvalue weighted by molar-refractivity contribution is 0.0388. The lowest BCUT2D eigenvalue weighted by Gasteiger charge is -2.38. The summed E-state index contributed by atoms with van der Waals surface area (Å²) in [6.07, 6.45) is 2.00. The van der Waals surface area contributed by atoms with Crippen LogP contribution in [-0.4, -0.2) is 83.7 Å². The first-order valence-corrected chi connectivity index (χ1v) is 10.8. The van der Waals surface area contributed by atoms with Crippen molar-refractivity contribution in [2.45, 2.75) is 25.2 Å². The zero-order valence-electron chi connectivity index (χ0n) is 18.3. The number of benzene rings is 1. The minimum absolute atomic E-state index is 0. The molecule has 7 nitrogen and oxygen atoms in total. The Balaban J connectivity index is 0.00000320. The molecule has 2 aliphatic heterocycles. The van der Waals surface area contributed by atoms with Gasteiger partial charge in [-0.25, -0.2) is 0 Å². The van der Waals surface area contributed by atoms with E-state index in [0.29, 0.717) is 6.61 Å². The molecule has 0 aliphatic carbocycles. The fourth-order valence-electron chi connectivity index (χ4n) is 4.03. The van der Waals surface area contributed by atoms with Crippen LogP contribution in [0.3, 0.4) is 0 Å². The van der Waals surface area contributed by atoms with Gasteiger partial charge >= 0.3 is 0 Å². The van der Waals surface area contributed by atoms with Crippen molar-refractivity contribution in [1.29, 1.82) is 0 Å². The van der Waals surface area contributed by atoms with E-state index in [2.05, 4.69) is 44.8 Å². The molecule has 30 heavy (non-hydrogen) atoms. The van der Waals surface area contributed by atoms with E-state index < -0.39 is 0 Å². The number of hydrogen-bond donors (Lipinski definition) is 2. The summed E-state index contributed by atoms with van der Waals surface area (Å²) in [5, 5.41) is 7.02. The Labute approximate surface area is 197 Å². The molecule has 3 rings (SSSR count). The van der Waals surface area contributed by atoms with Crippen LogP contribution in [0.25, 0.3) is 0 Å². The number of guanidine groups is 1. The van der Waals surface area contributed by atoms with E-state index in [1.807, 2.05) is 14.0 Å². The number of nitrogens with zero attached hydrogens (tertiary/aromatic N) is 2. The molecule has 170 valence electrons. The molecule has 2 N–H and O–H groups in total. The van der Waals surface area contributed by atoms with Crippen LogP contribution in [0.1, 0.15) is 25.3 Å². The van der Waals surface area contributed by atoms with Crippen LogP contribution >= 0.6 is 24.0 Å². The lowest BCUT2D eigenvalue weighted by atomic mass is 9.74. The van der Waals surface area contributed by atoms with Gasteiger partial charge in [0.05, 0.1) is 19.8 Å². The molecule has 0 aromatic heterocycles. The maximum absolute atomic E-state index is 5.66. The van der Waals surface area contributed by atoms with Gasteiger partial charge in [0.1, 0.15) is 5.75 Å². The number of morpholine rings is 1. The lowest BCUT2D eigenvalue weighted by Crippen LogP contribution is -2.49. The van der Waals surface area contributed by atoms with E-state index in [4.69, 9.17) is 14.2 Å². The Morgan fingerprint density at radius 1 is 1.07 bits per heavy atom. The van der Waals surface area contributed by atoms with Gasteiger partial charge < -0.3 is 24.8 Å². The fraction of sp³-hybridized carbons (Fsp3) is 0.682. The third-order valence-corrected chi connectivity index (χ3v) is 5.87. The second kappa shape index (κ2) is 13.3. The smallest absolute Gasteiger partial charge is 0.191 e. The van der Waals surface area contributed by atoms with Gasteiger partial charge in [-0.15, -0.1) is 24.0 Å². The first kappa shape index (κ1) is 25.2. The fourth-order valence-corrected chi connectivity index (χ4v) is 4.03. The highest BCUT2D eigenvalue weighted by atomic mass is 127. The van der Waals surface area contributed by atoms with E-state index in [1.165, 1.54) is 5.56 Å². The quantitative estimate of drug-likeness (QED) is 0.304. The molecule has 0 spiro atoms. The van der Waals surface area contributed by atoms with E-state index in [9.17, 15) is 0 Å². The van der Waals surface area contributed by atoms with Crippen LogP contribution in [0.2, 0.25) is 0 Å². The summed E-state index contributed by atoms with van der Waals surface area (Å²) in [4.78, 5) is 6.84. The van der Waals surface area contributed by atoms with Gasteiger partial charge in [-0.2, -0.15) is 0 Å². The number of halogens is 1. The standard InChI is InChI=1S/C22H36N4O3.HI/c1-3-29-20-6-4-19(5-7-20)22(8-14-27-15-9-22)18-25-21(23-2)24-10-11-26-12-16-28-17-13-26;/h4-7H,3,8-18H2,1-2H3,(H2,23,24,25);1H. The van der Waals surface area contributed by atoms with Crippen molar-refractivity contribution in [3.8, 4) is 5.75 Å². The second-order valence-corrected chi connectivity index (χ2v) is 7.66. The van der Waals surface area contributed by atoms with Crippen LogP contribution in [0.5, 0.6) is 5.75 Å². The number of rotatable bonds is 8. The number of nitrogens with one attached hydrogen (secondary N) is 2. The molecular formula is C22H37IN4O3. The normalized spacial score (nSPS) is 19.6. The van der Waals surface area contributed by atoms with E-state index in [0.717, 1.165) is 83.7 Å². The van der Waals surface area contributed by atoms with Crippen LogP contribution < -0.4 is 15.4 Å². The highest BCUT2D eigenvalue weighted by Gasteiger charge is 2.34. The molecule has 1 aromatic rings. The number of aliphatic imine (C=N–C) groups is 1. The summed E-state index contributed by atoms with van der Waals surface area (Å²) >= 11 is 0. The van der Waals surface area contributed by atoms with Gasteiger partial charge in [0.15, 0.2) is 5.96 Å². The number of ether oxygens (including phenoxy) is 3. The molecule has 0 atom stereocenters. The molecule has 0 radical (unpaired) electrons. The topological polar surface area (TPSA) is 67.4 Å². The summed E-state index contributed by atoms with van der Waals surface area (Å²) in [5.74, 6) is 1.78. The predicted octanol–water partition coefficient (Wildman–Crippen LogP) is 2.25. The monoisotopic (exact) mass is 532 g/mol. The molecule has 2 heterocycles. The summed E-state index contributed by atoms with van der Waals surface area (Å²) < 4.78 is 16.7. The number of hydrogen-bond acceptors (Lipinski definition) is 5. The average molecular weight is 532 g/mol. The minimum atomic E-state index is 0. The van der Waals surface area contributed by atoms with Crippen molar-refractivity contribution in [2.24, 2.45) is 4.99 Å².